The number of nitrogens with one attached hydrogen (secondary N) is 1. The number of hydrogen-bond donors (Lipinski definition) is 1. The summed E-state index contributed by atoms with van der Waals surface area (Å²) >= 11 is 0. The van der Waals surface area contributed by atoms with Crippen LogP contribution < -0.4 is 4.72 Å². The number of benzene rings is 1. The SMILES string of the molecule is O=C1CS(=O)(=O)Nc2ccccc21.[2H][B][3H]. The van der Waals surface area contributed by atoms with Crippen LogP contribution in [0.15, 0.2) is 24.3 Å². The van der Waals surface area contributed by atoms with Crippen LogP contribution in [0.4, 0.5) is 5.69 Å². The molecule has 1 heterocycles. The zero-order valence-corrected chi connectivity index (χ0v) is 8.04. The molecule has 0 amide bonds. The average Bonchev–Trinajstić information content (AvgIpc) is 2.17. The summed E-state index contributed by atoms with van der Waals surface area (Å²) in [4.78, 5) is 11.3. The van der Waals surface area contributed by atoms with Gasteiger partial charge in [0.05, 0.1) is 14.0 Å². The van der Waals surface area contributed by atoms with Gasteiger partial charge in [0.25, 0.3) is 0 Å². The van der Waals surface area contributed by atoms with Crippen LogP contribution >= 0.6 is 0 Å². The van der Waals surface area contributed by atoms with Crippen LogP contribution in [0.1, 0.15) is 10.4 Å². The smallest absolute Gasteiger partial charge is 0.240 e. The van der Waals surface area contributed by atoms with Crippen molar-refractivity contribution in [2.24, 2.45) is 0 Å². The van der Waals surface area contributed by atoms with Crippen LogP contribution in [0.3, 0.4) is 0 Å². The molecular formula is C8H9BNO3S. The average molecular weight is 213 g/mol. The quantitative estimate of drug-likeness (QED) is 0.602. The van der Waals surface area contributed by atoms with Gasteiger partial charge in [-0.3, -0.25) is 9.52 Å². The molecule has 1 aliphatic rings. The zero-order chi connectivity index (χ0) is 12.2. The van der Waals surface area contributed by atoms with Gasteiger partial charge < -0.3 is 0 Å². The minimum Gasteiger partial charge on any atom is -0.293 e. The lowest BCUT2D eigenvalue weighted by Crippen LogP contribution is -2.29. The first-order valence-corrected chi connectivity index (χ1v) is 5.36. The zero-order valence-electron chi connectivity index (χ0n) is 9.23. The third-order valence-electron chi connectivity index (χ3n) is 1.81. The van der Waals surface area contributed by atoms with Crippen molar-refractivity contribution in [2.75, 3.05) is 10.5 Å². The number of hydrogen-bond acceptors (Lipinski definition) is 3. The highest BCUT2D eigenvalue weighted by Gasteiger charge is 2.26. The van der Waals surface area contributed by atoms with Gasteiger partial charge in [0.2, 0.25) is 10.0 Å². The molecule has 0 fully saturated rings. The fourth-order valence-corrected chi connectivity index (χ4v) is 2.36. The van der Waals surface area contributed by atoms with Crippen molar-refractivity contribution in [1.29, 1.82) is 2.67 Å². The van der Waals surface area contributed by atoms with Gasteiger partial charge in [-0.05, 0) is 14.8 Å². The highest BCUT2D eigenvalue weighted by molar-refractivity contribution is 7.93. The standard InChI is InChI=1S/C8H7NO3S.BH2/c10-8-5-13(11,12)9-7-4-2-1-3-6(7)8;/h1-4,9H,5H2;1H2/i;1TD. The van der Waals surface area contributed by atoms with E-state index < -0.39 is 15.8 Å². The van der Waals surface area contributed by atoms with Gasteiger partial charge in [-0.15, -0.1) is 0 Å². The van der Waals surface area contributed by atoms with Crippen LogP contribution in [0.5, 0.6) is 0 Å². The Bertz CT molecular complexity index is 492. The minimum absolute atomic E-state index is 0.352. The van der Waals surface area contributed by atoms with Crippen molar-refractivity contribution >= 4 is 29.8 Å². The lowest BCUT2D eigenvalue weighted by Gasteiger charge is -2.16. The van der Waals surface area contributed by atoms with Gasteiger partial charge in [-0.2, -0.15) is 0 Å². The second-order valence-electron chi connectivity index (χ2n) is 2.83. The Kier molecular flexibility index (Phi) is 1.99. The Balaban J connectivity index is 0.000000386. The van der Waals surface area contributed by atoms with E-state index in [9.17, 15) is 13.2 Å². The molecule has 4 nitrogen and oxygen atoms in total. The van der Waals surface area contributed by atoms with Crippen LogP contribution in [0, 0.1) is 0 Å². The second kappa shape index (κ2) is 3.45. The molecule has 73 valence electrons. The van der Waals surface area contributed by atoms with Crippen molar-refractivity contribution in [2.45, 2.75) is 0 Å². The van der Waals surface area contributed by atoms with Gasteiger partial charge in [0.15, 0.2) is 5.78 Å². The molecule has 0 saturated carbocycles. The van der Waals surface area contributed by atoms with Gasteiger partial charge >= 0.3 is 0 Å². The maximum atomic E-state index is 11.3. The number of ketones is 1. The largest absolute Gasteiger partial charge is 0.293 e. The lowest BCUT2D eigenvalue weighted by molar-refractivity contribution is 0.102. The molecular weight excluding hydrogens is 201 g/mol. The summed E-state index contributed by atoms with van der Waals surface area (Å²) in [5.41, 5.74) is 0.816. The number of anilines is 1. The van der Waals surface area contributed by atoms with Gasteiger partial charge in [-0.1, -0.05) is 12.1 Å². The molecule has 1 radical (unpaired) electrons. The van der Waals surface area contributed by atoms with Crippen molar-refractivity contribution in [3.05, 3.63) is 29.8 Å². The van der Waals surface area contributed by atoms with E-state index in [-0.39, 0.29) is 5.78 Å². The molecule has 0 bridgehead atoms. The van der Waals surface area contributed by atoms with E-state index in [2.05, 4.69) is 4.72 Å². The summed E-state index contributed by atoms with van der Waals surface area (Å²) in [6.07, 6.45) is 0. The van der Waals surface area contributed by atoms with E-state index in [1.165, 1.54) is 0 Å². The van der Waals surface area contributed by atoms with Crippen molar-refractivity contribution < 1.29 is 13.2 Å². The highest BCUT2D eigenvalue weighted by atomic mass is 32.2. The molecule has 1 aromatic rings. The highest BCUT2D eigenvalue weighted by Crippen LogP contribution is 2.21. The van der Waals surface area contributed by atoms with Gasteiger partial charge in [0.1, 0.15) is 5.75 Å². The van der Waals surface area contributed by atoms with Crippen molar-refractivity contribution in [3.8, 4) is 0 Å². The van der Waals surface area contributed by atoms with E-state index in [1.54, 1.807) is 24.3 Å². The first-order valence-electron chi connectivity index (χ1n) is 4.87. The van der Waals surface area contributed by atoms with Crippen LogP contribution in [0.25, 0.3) is 0 Å². The first-order chi connectivity index (χ1) is 7.50. The molecule has 1 aliphatic heterocycles. The number of fused-ring (bicyclic) bond motifs is 1. The molecule has 0 unspecified atom stereocenters. The third-order valence-corrected chi connectivity index (χ3v) is 2.99. The lowest BCUT2D eigenvalue weighted by atomic mass is 10.1. The fourth-order valence-electron chi connectivity index (χ4n) is 1.27. The Morgan fingerprint density at radius 1 is 1.57 bits per heavy atom. The predicted octanol–water partition coefficient (Wildman–Crippen LogP) is -0.292. The molecule has 0 aliphatic carbocycles. The normalized spacial score (nSPS) is 18.7. The molecule has 0 spiro atoms. The monoisotopic (exact) mass is 213 g/mol. The molecule has 1 N–H and O–H groups in total. The van der Waals surface area contributed by atoms with Crippen LogP contribution in [-0.4, -0.2) is 31.0 Å². The Morgan fingerprint density at radius 2 is 2.21 bits per heavy atom. The van der Waals surface area contributed by atoms with Gasteiger partial charge in [-0.25, -0.2) is 8.42 Å². The molecule has 0 saturated heterocycles. The Labute approximate surface area is 86.7 Å². The molecule has 6 heteroatoms. The number of carbonyl (C=O) groups is 1. The minimum atomic E-state index is -3.44. The first kappa shape index (κ1) is 8.05. The molecule has 14 heavy (non-hydrogen) atoms. The van der Waals surface area contributed by atoms with Crippen molar-refractivity contribution in [1.82, 2.24) is 0 Å². The maximum absolute atomic E-state index is 11.3. The summed E-state index contributed by atoms with van der Waals surface area (Å²) in [7, 11) is -2.94. The summed E-state index contributed by atoms with van der Waals surface area (Å²) < 4.78 is 36.0. The molecule has 0 aromatic heterocycles. The van der Waals surface area contributed by atoms with E-state index in [0.717, 1.165) is 0 Å². The topological polar surface area (TPSA) is 63.2 Å². The van der Waals surface area contributed by atoms with Crippen LogP contribution in [0.2, 0.25) is 0 Å². The number of para-hydroxylation sites is 1. The second-order valence-corrected chi connectivity index (χ2v) is 4.55. The molecule has 0 atom stereocenters. The summed E-state index contributed by atoms with van der Waals surface area (Å²) in [5, 5.41) is 0. The fraction of sp³-hybridized carbons (Fsp3) is 0.125. The molecule has 2 rings (SSSR count). The summed E-state index contributed by atoms with van der Waals surface area (Å²) in [6, 6.07) is 6.57. The third kappa shape index (κ3) is 1.79. The number of rotatable bonds is 0. The van der Waals surface area contributed by atoms with E-state index in [4.69, 9.17) is 2.67 Å². The Hall–Kier alpha value is -1.30. The van der Waals surface area contributed by atoms with E-state index in [1.807, 2.05) is 0 Å². The number of Topliss-reactive ketones (excluding diaryl/α,β-unsaturated/α-hetero) is 1. The van der Waals surface area contributed by atoms with E-state index >= 15 is 0 Å². The number of sulfonamides is 1. The van der Waals surface area contributed by atoms with Crippen LogP contribution in [-0.2, 0) is 10.0 Å². The van der Waals surface area contributed by atoms with Gasteiger partial charge in [0, 0.05) is 5.56 Å². The van der Waals surface area contributed by atoms with Crippen molar-refractivity contribution in [3.63, 3.8) is 0 Å². The maximum Gasteiger partial charge on any atom is 0.240 e. The number of carbonyl (C=O) groups excluding carboxylic acids is 1. The molecule has 1 aromatic carbocycles. The predicted molar refractivity (Wildman–Crippen MR) is 56.7 cm³/mol. The summed E-state index contributed by atoms with van der Waals surface area (Å²) in [6.45, 7) is 0. The summed E-state index contributed by atoms with van der Waals surface area (Å²) in [5.74, 6) is -0.807. The Morgan fingerprint density at radius 3 is 2.93 bits per heavy atom. The van der Waals surface area contributed by atoms with E-state index in [0.29, 0.717) is 19.6 Å².